The van der Waals surface area contributed by atoms with Gasteiger partial charge in [0, 0.05) is 24.2 Å². The molecule has 0 fully saturated rings. The first kappa shape index (κ1) is 13.6. The minimum atomic E-state index is 0.0173. The summed E-state index contributed by atoms with van der Waals surface area (Å²) >= 11 is 5.94. The molecule has 2 nitrogen and oxygen atoms in total. The van der Waals surface area contributed by atoms with Crippen LogP contribution in [0, 0.1) is 6.92 Å². The highest BCUT2D eigenvalue weighted by molar-refractivity contribution is 6.30. The molecule has 0 radical (unpaired) electrons. The Labute approximate surface area is 118 Å². The molecule has 0 heterocycles. The molecule has 1 amide bonds. The Kier molecular flexibility index (Phi) is 4.23. The number of carbonyl (C=O) groups is 1. The van der Waals surface area contributed by atoms with E-state index in [-0.39, 0.29) is 5.91 Å². The smallest absolute Gasteiger partial charge is 0.253 e. The lowest BCUT2D eigenvalue weighted by molar-refractivity contribution is 0.0785. The lowest BCUT2D eigenvalue weighted by atomic mass is 10.1. The SMILES string of the molecule is Cc1cccc(C(=O)N(C)Cc2cccc(Cl)c2)c1. The van der Waals surface area contributed by atoms with Gasteiger partial charge < -0.3 is 4.90 Å². The number of carbonyl (C=O) groups excluding carboxylic acids is 1. The maximum Gasteiger partial charge on any atom is 0.253 e. The van der Waals surface area contributed by atoms with E-state index in [4.69, 9.17) is 11.6 Å². The zero-order chi connectivity index (χ0) is 13.8. The van der Waals surface area contributed by atoms with Gasteiger partial charge in [0.05, 0.1) is 0 Å². The van der Waals surface area contributed by atoms with Gasteiger partial charge in [-0.05, 0) is 36.8 Å². The van der Waals surface area contributed by atoms with Crippen molar-refractivity contribution >= 4 is 17.5 Å². The second-order valence-electron chi connectivity index (χ2n) is 4.66. The zero-order valence-electron chi connectivity index (χ0n) is 11.1. The van der Waals surface area contributed by atoms with E-state index in [1.807, 2.05) is 55.5 Å². The molecule has 19 heavy (non-hydrogen) atoms. The van der Waals surface area contributed by atoms with Gasteiger partial charge in [-0.15, -0.1) is 0 Å². The van der Waals surface area contributed by atoms with Crippen molar-refractivity contribution < 1.29 is 4.79 Å². The first-order chi connectivity index (χ1) is 9.06. The molecule has 0 aliphatic rings. The van der Waals surface area contributed by atoms with Crippen molar-refractivity contribution in [1.29, 1.82) is 0 Å². The fraction of sp³-hybridized carbons (Fsp3) is 0.188. The number of halogens is 1. The standard InChI is InChI=1S/C16H16ClNO/c1-12-5-3-7-14(9-12)16(19)18(2)11-13-6-4-8-15(17)10-13/h3-10H,11H2,1-2H3. The van der Waals surface area contributed by atoms with Crippen LogP contribution >= 0.6 is 11.6 Å². The molecule has 2 aromatic carbocycles. The van der Waals surface area contributed by atoms with Crippen LogP contribution in [0.15, 0.2) is 48.5 Å². The molecule has 0 saturated heterocycles. The van der Waals surface area contributed by atoms with Gasteiger partial charge in [0.25, 0.3) is 5.91 Å². The fourth-order valence-electron chi connectivity index (χ4n) is 1.98. The normalized spacial score (nSPS) is 10.3. The van der Waals surface area contributed by atoms with Gasteiger partial charge in [-0.25, -0.2) is 0 Å². The molecule has 2 aromatic rings. The largest absolute Gasteiger partial charge is 0.337 e. The van der Waals surface area contributed by atoms with Crippen LogP contribution in [0.1, 0.15) is 21.5 Å². The molecular formula is C16H16ClNO. The predicted molar refractivity (Wildman–Crippen MR) is 78.4 cm³/mol. The van der Waals surface area contributed by atoms with E-state index >= 15 is 0 Å². The summed E-state index contributed by atoms with van der Waals surface area (Å²) in [5.74, 6) is 0.0173. The second kappa shape index (κ2) is 5.89. The number of aryl methyl sites for hydroxylation is 1. The van der Waals surface area contributed by atoms with Crippen molar-refractivity contribution in [1.82, 2.24) is 4.90 Å². The molecule has 0 unspecified atom stereocenters. The molecule has 0 saturated carbocycles. The molecular weight excluding hydrogens is 258 g/mol. The van der Waals surface area contributed by atoms with E-state index in [0.717, 1.165) is 11.1 Å². The molecule has 0 aromatic heterocycles. The van der Waals surface area contributed by atoms with Crippen LogP contribution in [-0.2, 0) is 6.54 Å². The van der Waals surface area contributed by atoms with Crippen LogP contribution < -0.4 is 0 Å². The highest BCUT2D eigenvalue weighted by Crippen LogP contribution is 2.14. The molecule has 0 aliphatic heterocycles. The molecule has 0 N–H and O–H groups in total. The van der Waals surface area contributed by atoms with Gasteiger partial charge in [-0.2, -0.15) is 0 Å². The van der Waals surface area contributed by atoms with Crippen molar-refractivity contribution in [2.24, 2.45) is 0 Å². The van der Waals surface area contributed by atoms with Gasteiger partial charge in [0.15, 0.2) is 0 Å². The van der Waals surface area contributed by atoms with Gasteiger partial charge in [0.2, 0.25) is 0 Å². The Morgan fingerprint density at radius 3 is 2.58 bits per heavy atom. The van der Waals surface area contributed by atoms with Crippen LogP contribution in [0.5, 0.6) is 0 Å². The number of hydrogen-bond donors (Lipinski definition) is 0. The van der Waals surface area contributed by atoms with E-state index < -0.39 is 0 Å². The maximum atomic E-state index is 12.3. The van der Waals surface area contributed by atoms with Crippen LogP contribution in [0.3, 0.4) is 0 Å². The van der Waals surface area contributed by atoms with Crippen LogP contribution in [0.4, 0.5) is 0 Å². The number of nitrogens with zero attached hydrogens (tertiary/aromatic N) is 1. The molecule has 0 atom stereocenters. The topological polar surface area (TPSA) is 20.3 Å². The lowest BCUT2D eigenvalue weighted by Crippen LogP contribution is -2.26. The summed E-state index contributed by atoms with van der Waals surface area (Å²) in [5, 5.41) is 0.689. The van der Waals surface area contributed by atoms with E-state index in [0.29, 0.717) is 17.1 Å². The summed E-state index contributed by atoms with van der Waals surface area (Å²) in [7, 11) is 1.80. The van der Waals surface area contributed by atoms with Crippen LogP contribution in [-0.4, -0.2) is 17.9 Å². The fourth-order valence-corrected chi connectivity index (χ4v) is 2.19. The first-order valence-corrected chi connectivity index (χ1v) is 6.50. The highest BCUT2D eigenvalue weighted by Gasteiger charge is 2.12. The average Bonchev–Trinajstić information content (AvgIpc) is 2.38. The molecule has 2 rings (SSSR count). The number of benzene rings is 2. The van der Waals surface area contributed by atoms with E-state index in [2.05, 4.69) is 0 Å². The van der Waals surface area contributed by atoms with Crippen LogP contribution in [0.2, 0.25) is 5.02 Å². The Morgan fingerprint density at radius 1 is 1.16 bits per heavy atom. The molecule has 0 bridgehead atoms. The van der Waals surface area contributed by atoms with Gasteiger partial charge >= 0.3 is 0 Å². The second-order valence-corrected chi connectivity index (χ2v) is 5.10. The third kappa shape index (κ3) is 3.58. The first-order valence-electron chi connectivity index (χ1n) is 6.13. The van der Waals surface area contributed by atoms with E-state index in [9.17, 15) is 4.79 Å². The van der Waals surface area contributed by atoms with E-state index in [1.54, 1.807) is 11.9 Å². The van der Waals surface area contributed by atoms with Gasteiger partial charge in [-0.1, -0.05) is 41.4 Å². The minimum Gasteiger partial charge on any atom is -0.337 e. The van der Waals surface area contributed by atoms with Crippen molar-refractivity contribution in [3.8, 4) is 0 Å². The maximum absolute atomic E-state index is 12.3. The highest BCUT2D eigenvalue weighted by atomic mass is 35.5. The number of hydrogen-bond acceptors (Lipinski definition) is 1. The Hall–Kier alpha value is -1.80. The average molecular weight is 274 g/mol. The third-order valence-corrected chi connectivity index (χ3v) is 3.16. The van der Waals surface area contributed by atoms with Crippen molar-refractivity contribution in [2.75, 3.05) is 7.05 Å². The lowest BCUT2D eigenvalue weighted by Gasteiger charge is -2.17. The summed E-state index contributed by atoms with van der Waals surface area (Å²) in [6, 6.07) is 15.2. The summed E-state index contributed by atoms with van der Waals surface area (Å²) in [4.78, 5) is 14.0. The molecule has 3 heteroatoms. The molecule has 0 aliphatic carbocycles. The summed E-state index contributed by atoms with van der Waals surface area (Å²) < 4.78 is 0. The molecule has 98 valence electrons. The Bertz CT molecular complexity index is 595. The third-order valence-electron chi connectivity index (χ3n) is 2.92. The quantitative estimate of drug-likeness (QED) is 0.830. The summed E-state index contributed by atoms with van der Waals surface area (Å²) in [6.45, 7) is 2.53. The Balaban J connectivity index is 2.12. The van der Waals surface area contributed by atoms with Gasteiger partial charge in [0.1, 0.15) is 0 Å². The van der Waals surface area contributed by atoms with Gasteiger partial charge in [-0.3, -0.25) is 4.79 Å². The number of rotatable bonds is 3. The van der Waals surface area contributed by atoms with Crippen molar-refractivity contribution in [3.05, 3.63) is 70.2 Å². The number of amides is 1. The predicted octanol–water partition coefficient (Wildman–Crippen LogP) is 3.92. The molecule has 0 spiro atoms. The minimum absolute atomic E-state index is 0.0173. The zero-order valence-corrected chi connectivity index (χ0v) is 11.8. The van der Waals surface area contributed by atoms with Crippen LogP contribution in [0.25, 0.3) is 0 Å². The monoisotopic (exact) mass is 273 g/mol. The van der Waals surface area contributed by atoms with Crippen molar-refractivity contribution in [3.63, 3.8) is 0 Å². The summed E-state index contributed by atoms with van der Waals surface area (Å²) in [5.41, 5.74) is 2.82. The van der Waals surface area contributed by atoms with Crippen molar-refractivity contribution in [2.45, 2.75) is 13.5 Å². The van der Waals surface area contributed by atoms with E-state index in [1.165, 1.54) is 0 Å². The Morgan fingerprint density at radius 2 is 1.89 bits per heavy atom. The summed E-state index contributed by atoms with van der Waals surface area (Å²) in [6.07, 6.45) is 0.